The van der Waals surface area contributed by atoms with Gasteiger partial charge in [-0.25, -0.2) is 9.50 Å². The molecule has 2 aromatic heterocycles. The molecule has 0 radical (unpaired) electrons. The summed E-state index contributed by atoms with van der Waals surface area (Å²) in [7, 11) is 0. The van der Waals surface area contributed by atoms with Crippen molar-refractivity contribution in [3.63, 3.8) is 0 Å². The summed E-state index contributed by atoms with van der Waals surface area (Å²) in [6.45, 7) is 8.75. The van der Waals surface area contributed by atoms with Crippen molar-refractivity contribution in [1.82, 2.24) is 14.6 Å². The van der Waals surface area contributed by atoms with Crippen molar-refractivity contribution in [3.8, 4) is 0 Å². The number of unbranched alkanes of at least 4 members (excludes halogenated alkanes) is 1. The van der Waals surface area contributed by atoms with Gasteiger partial charge in [0.25, 0.3) is 0 Å². The van der Waals surface area contributed by atoms with E-state index >= 15 is 0 Å². The van der Waals surface area contributed by atoms with Crippen molar-refractivity contribution in [2.24, 2.45) is 0 Å². The minimum Gasteiger partial charge on any atom is -0.380 e. The minimum absolute atomic E-state index is 0.417. The third kappa shape index (κ3) is 3.70. The summed E-state index contributed by atoms with van der Waals surface area (Å²) in [5, 5.41) is 7.87. The topological polar surface area (TPSA) is 51.5 Å². The van der Waals surface area contributed by atoms with E-state index in [1.165, 1.54) is 6.42 Å². The Balaban J connectivity index is 1.95. The van der Waals surface area contributed by atoms with Gasteiger partial charge in [0.05, 0.1) is 12.3 Å². The molecule has 2 aromatic rings. The Kier molecular flexibility index (Phi) is 5.35. The fourth-order valence-corrected chi connectivity index (χ4v) is 1.95. The molecule has 0 saturated heterocycles. The number of aromatic nitrogens is 3. The van der Waals surface area contributed by atoms with Crippen LogP contribution in [0.2, 0.25) is 0 Å². The SMILES string of the molecule is CCCCOCCNc1nccn2nc(C(C)C)cc12. The Labute approximate surface area is 120 Å². The zero-order valence-electron chi connectivity index (χ0n) is 12.6. The van der Waals surface area contributed by atoms with Crippen LogP contribution in [0, 0.1) is 0 Å². The van der Waals surface area contributed by atoms with Crippen LogP contribution in [0.15, 0.2) is 18.5 Å². The molecular formula is C15H24N4O. The molecule has 5 heteroatoms. The molecule has 2 heterocycles. The quantitative estimate of drug-likeness (QED) is 0.753. The summed E-state index contributed by atoms with van der Waals surface area (Å²) < 4.78 is 7.42. The number of nitrogens with zero attached hydrogens (tertiary/aromatic N) is 3. The van der Waals surface area contributed by atoms with E-state index in [0.717, 1.165) is 36.6 Å². The Morgan fingerprint density at radius 2 is 2.20 bits per heavy atom. The molecule has 0 aliphatic rings. The van der Waals surface area contributed by atoms with Crippen molar-refractivity contribution >= 4 is 11.3 Å². The second-order valence-electron chi connectivity index (χ2n) is 5.22. The first kappa shape index (κ1) is 14.8. The van der Waals surface area contributed by atoms with Crippen LogP contribution in [-0.4, -0.2) is 34.4 Å². The lowest BCUT2D eigenvalue weighted by atomic mass is 10.1. The molecular weight excluding hydrogens is 252 g/mol. The highest BCUT2D eigenvalue weighted by molar-refractivity contribution is 5.67. The first-order chi connectivity index (χ1) is 9.72. The molecule has 0 atom stereocenters. The minimum atomic E-state index is 0.417. The first-order valence-electron chi connectivity index (χ1n) is 7.38. The van der Waals surface area contributed by atoms with E-state index < -0.39 is 0 Å². The van der Waals surface area contributed by atoms with Crippen molar-refractivity contribution in [3.05, 3.63) is 24.2 Å². The highest BCUT2D eigenvalue weighted by Gasteiger charge is 2.09. The van der Waals surface area contributed by atoms with Gasteiger partial charge in [0.1, 0.15) is 5.52 Å². The standard InChI is InChI=1S/C15H24N4O/c1-4-5-9-20-10-7-17-15-14-11-13(12(2)3)18-19(14)8-6-16-15/h6,8,11-12H,4-5,7,9-10H2,1-3H3,(H,16,17). The van der Waals surface area contributed by atoms with Gasteiger partial charge >= 0.3 is 0 Å². The molecule has 20 heavy (non-hydrogen) atoms. The molecule has 0 bridgehead atoms. The number of fused-ring (bicyclic) bond motifs is 1. The smallest absolute Gasteiger partial charge is 0.152 e. The van der Waals surface area contributed by atoms with Gasteiger partial charge in [-0.2, -0.15) is 5.10 Å². The number of ether oxygens (including phenoxy) is 1. The monoisotopic (exact) mass is 276 g/mol. The van der Waals surface area contributed by atoms with E-state index in [1.54, 1.807) is 6.20 Å². The molecule has 0 amide bonds. The predicted molar refractivity (Wildman–Crippen MR) is 81.3 cm³/mol. The van der Waals surface area contributed by atoms with Crippen LogP contribution in [0.5, 0.6) is 0 Å². The molecule has 0 unspecified atom stereocenters. The third-order valence-corrected chi connectivity index (χ3v) is 3.18. The molecule has 0 spiro atoms. The Hall–Kier alpha value is -1.62. The molecule has 0 saturated carbocycles. The number of hydrogen-bond acceptors (Lipinski definition) is 4. The fraction of sp³-hybridized carbons (Fsp3) is 0.600. The van der Waals surface area contributed by atoms with E-state index in [1.807, 2.05) is 10.7 Å². The zero-order valence-corrected chi connectivity index (χ0v) is 12.6. The summed E-state index contributed by atoms with van der Waals surface area (Å²) >= 11 is 0. The summed E-state index contributed by atoms with van der Waals surface area (Å²) in [6, 6.07) is 2.10. The molecule has 0 aromatic carbocycles. The Morgan fingerprint density at radius 1 is 1.35 bits per heavy atom. The number of nitrogens with one attached hydrogen (secondary N) is 1. The maximum atomic E-state index is 5.54. The molecule has 2 rings (SSSR count). The average Bonchev–Trinajstić information content (AvgIpc) is 2.87. The fourth-order valence-electron chi connectivity index (χ4n) is 1.95. The summed E-state index contributed by atoms with van der Waals surface area (Å²) in [6.07, 6.45) is 5.94. The molecule has 110 valence electrons. The van der Waals surface area contributed by atoms with Gasteiger partial charge in [0.2, 0.25) is 0 Å². The largest absolute Gasteiger partial charge is 0.380 e. The van der Waals surface area contributed by atoms with Gasteiger partial charge in [-0.1, -0.05) is 27.2 Å². The van der Waals surface area contributed by atoms with Gasteiger partial charge < -0.3 is 10.1 Å². The van der Waals surface area contributed by atoms with Crippen LogP contribution < -0.4 is 5.32 Å². The van der Waals surface area contributed by atoms with Crippen molar-refractivity contribution < 1.29 is 4.74 Å². The van der Waals surface area contributed by atoms with Crippen molar-refractivity contribution in [1.29, 1.82) is 0 Å². The molecule has 0 fully saturated rings. The van der Waals surface area contributed by atoms with Gasteiger partial charge in [-0.3, -0.25) is 0 Å². The number of anilines is 1. The normalized spacial score (nSPS) is 11.4. The Morgan fingerprint density at radius 3 is 2.95 bits per heavy atom. The lowest BCUT2D eigenvalue weighted by molar-refractivity contribution is 0.141. The van der Waals surface area contributed by atoms with Gasteiger partial charge in [0, 0.05) is 25.5 Å². The highest BCUT2D eigenvalue weighted by atomic mass is 16.5. The second kappa shape index (κ2) is 7.24. The maximum Gasteiger partial charge on any atom is 0.152 e. The van der Waals surface area contributed by atoms with E-state index in [9.17, 15) is 0 Å². The summed E-state index contributed by atoms with van der Waals surface area (Å²) in [4.78, 5) is 4.39. The lowest BCUT2D eigenvalue weighted by Gasteiger charge is -2.07. The van der Waals surface area contributed by atoms with E-state index in [4.69, 9.17) is 4.74 Å². The zero-order chi connectivity index (χ0) is 14.4. The average molecular weight is 276 g/mol. The van der Waals surface area contributed by atoms with Crippen LogP contribution in [-0.2, 0) is 4.74 Å². The van der Waals surface area contributed by atoms with Crippen LogP contribution in [0.3, 0.4) is 0 Å². The van der Waals surface area contributed by atoms with Crippen LogP contribution >= 0.6 is 0 Å². The van der Waals surface area contributed by atoms with Gasteiger partial charge in [0.15, 0.2) is 5.82 Å². The summed E-state index contributed by atoms with van der Waals surface area (Å²) in [5.74, 6) is 1.28. The lowest BCUT2D eigenvalue weighted by Crippen LogP contribution is -2.11. The molecule has 0 aliphatic carbocycles. The van der Waals surface area contributed by atoms with Crippen LogP contribution in [0.4, 0.5) is 5.82 Å². The molecule has 1 N–H and O–H groups in total. The summed E-state index contributed by atoms with van der Waals surface area (Å²) in [5.41, 5.74) is 2.10. The maximum absolute atomic E-state index is 5.54. The van der Waals surface area contributed by atoms with Gasteiger partial charge in [-0.15, -0.1) is 0 Å². The van der Waals surface area contributed by atoms with Gasteiger partial charge in [-0.05, 0) is 18.4 Å². The molecule has 0 aliphatic heterocycles. The Bertz CT molecular complexity index is 536. The number of rotatable bonds is 8. The predicted octanol–water partition coefficient (Wildman–Crippen LogP) is 3.08. The van der Waals surface area contributed by atoms with E-state index in [-0.39, 0.29) is 0 Å². The van der Waals surface area contributed by atoms with Crippen molar-refractivity contribution in [2.45, 2.75) is 39.5 Å². The van der Waals surface area contributed by atoms with E-state index in [2.05, 4.69) is 42.2 Å². The number of hydrogen-bond donors (Lipinski definition) is 1. The van der Waals surface area contributed by atoms with Crippen LogP contribution in [0.25, 0.3) is 5.52 Å². The highest BCUT2D eigenvalue weighted by Crippen LogP contribution is 2.19. The second-order valence-corrected chi connectivity index (χ2v) is 5.22. The third-order valence-electron chi connectivity index (χ3n) is 3.18. The van der Waals surface area contributed by atoms with Crippen molar-refractivity contribution in [2.75, 3.05) is 25.1 Å². The van der Waals surface area contributed by atoms with Crippen LogP contribution in [0.1, 0.15) is 45.2 Å². The first-order valence-corrected chi connectivity index (χ1v) is 7.38. The van der Waals surface area contributed by atoms with E-state index in [0.29, 0.717) is 12.5 Å². The molecule has 5 nitrogen and oxygen atoms in total.